The van der Waals surface area contributed by atoms with Crippen LogP contribution in [0.3, 0.4) is 0 Å². The average Bonchev–Trinajstić information content (AvgIpc) is 2.88. The molecule has 2 heterocycles. The summed E-state index contributed by atoms with van der Waals surface area (Å²) in [7, 11) is 0. The van der Waals surface area contributed by atoms with Crippen LogP contribution < -0.4 is 11.1 Å². The van der Waals surface area contributed by atoms with Crippen LogP contribution in [0.15, 0.2) is 5.38 Å². The molecule has 0 atom stereocenters. The molecule has 124 valence electrons. The molecule has 2 amide bonds. The molecule has 0 saturated carbocycles. The topological polar surface area (TPSA) is 88.3 Å². The molecule has 22 heavy (non-hydrogen) atoms. The van der Waals surface area contributed by atoms with Gasteiger partial charge in [0, 0.05) is 38.0 Å². The summed E-state index contributed by atoms with van der Waals surface area (Å²) in [5.41, 5.74) is 5.89. The molecule has 0 spiro atoms. The molecular weight excluding hydrogens is 324 g/mol. The maximum Gasteiger partial charge on any atom is 0.270 e. The lowest BCUT2D eigenvalue weighted by molar-refractivity contribution is -0.130. The highest BCUT2D eigenvalue weighted by Gasteiger charge is 2.16. The number of hydrogen-bond donors (Lipinski definition) is 2. The third-order valence-electron chi connectivity index (χ3n) is 3.52. The first kappa shape index (κ1) is 18.9. The lowest BCUT2D eigenvalue weighted by atomic mass is 10.2. The predicted molar refractivity (Wildman–Crippen MR) is 89.3 cm³/mol. The number of nitrogens with one attached hydrogen (secondary N) is 1. The Morgan fingerprint density at radius 1 is 1.41 bits per heavy atom. The van der Waals surface area contributed by atoms with Crippen molar-refractivity contribution in [2.45, 2.75) is 38.6 Å². The van der Waals surface area contributed by atoms with Gasteiger partial charge in [-0.3, -0.25) is 9.59 Å². The summed E-state index contributed by atoms with van der Waals surface area (Å²) in [6.45, 7) is 2.47. The molecule has 0 radical (unpaired) electrons. The summed E-state index contributed by atoms with van der Waals surface area (Å²) in [6.07, 6.45) is 4.64. The summed E-state index contributed by atoms with van der Waals surface area (Å²) >= 11 is 1.39. The first-order valence-corrected chi connectivity index (χ1v) is 8.29. The Balaban J connectivity index is 0.00000242. The van der Waals surface area contributed by atoms with Gasteiger partial charge in [0.2, 0.25) is 5.91 Å². The highest BCUT2D eigenvalue weighted by atomic mass is 35.5. The van der Waals surface area contributed by atoms with E-state index in [2.05, 4.69) is 10.3 Å². The van der Waals surface area contributed by atoms with Gasteiger partial charge in [-0.2, -0.15) is 0 Å². The van der Waals surface area contributed by atoms with Crippen LogP contribution in [0.1, 0.15) is 47.6 Å². The number of hydrogen-bond acceptors (Lipinski definition) is 5. The highest BCUT2D eigenvalue weighted by Crippen LogP contribution is 2.11. The number of carbonyl (C=O) groups is 2. The molecule has 1 aromatic rings. The van der Waals surface area contributed by atoms with Gasteiger partial charge in [-0.1, -0.05) is 6.42 Å². The Bertz CT molecular complexity index is 495. The number of halogens is 1. The van der Waals surface area contributed by atoms with E-state index in [0.717, 1.165) is 37.2 Å². The van der Waals surface area contributed by atoms with Gasteiger partial charge in [0.15, 0.2) is 0 Å². The van der Waals surface area contributed by atoms with Gasteiger partial charge in [0.1, 0.15) is 10.7 Å². The Kier molecular flexibility index (Phi) is 8.37. The number of thiazole rings is 1. The minimum Gasteiger partial charge on any atom is -0.351 e. The number of rotatable bonds is 6. The smallest absolute Gasteiger partial charge is 0.270 e. The van der Waals surface area contributed by atoms with Crippen LogP contribution in [-0.2, 0) is 11.3 Å². The molecule has 1 aliphatic rings. The van der Waals surface area contributed by atoms with Crippen molar-refractivity contribution in [3.05, 3.63) is 16.1 Å². The van der Waals surface area contributed by atoms with E-state index in [1.165, 1.54) is 11.3 Å². The van der Waals surface area contributed by atoms with E-state index in [1.807, 2.05) is 4.90 Å². The Morgan fingerprint density at radius 3 is 2.95 bits per heavy atom. The van der Waals surface area contributed by atoms with Crippen molar-refractivity contribution in [1.82, 2.24) is 15.2 Å². The third-order valence-corrected chi connectivity index (χ3v) is 4.39. The summed E-state index contributed by atoms with van der Waals surface area (Å²) < 4.78 is 0. The molecule has 6 nitrogen and oxygen atoms in total. The van der Waals surface area contributed by atoms with E-state index >= 15 is 0 Å². The fourth-order valence-electron chi connectivity index (χ4n) is 2.35. The molecule has 0 aromatic carbocycles. The number of nitrogens with two attached hydrogens (primary N) is 1. The van der Waals surface area contributed by atoms with Crippen LogP contribution in [-0.4, -0.2) is 41.3 Å². The van der Waals surface area contributed by atoms with E-state index in [9.17, 15) is 9.59 Å². The van der Waals surface area contributed by atoms with Gasteiger partial charge in [-0.25, -0.2) is 4.98 Å². The molecule has 0 unspecified atom stereocenters. The maximum atomic E-state index is 11.9. The summed E-state index contributed by atoms with van der Waals surface area (Å²) in [5, 5.41) is 5.31. The highest BCUT2D eigenvalue weighted by molar-refractivity contribution is 7.09. The molecule has 1 aliphatic heterocycles. The predicted octanol–water partition coefficient (Wildman–Crippen LogP) is 1.55. The first-order chi connectivity index (χ1) is 10.2. The summed E-state index contributed by atoms with van der Waals surface area (Å²) in [5.74, 6) is 0.0686. The van der Waals surface area contributed by atoms with E-state index in [0.29, 0.717) is 31.7 Å². The number of amides is 2. The fourth-order valence-corrected chi connectivity index (χ4v) is 3.00. The van der Waals surface area contributed by atoms with E-state index in [4.69, 9.17) is 5.73 Å². The standard InChI is InChI=1S/C14H22N4O2S.ClH/c15-9-12-17-11(10-21-12)14(20)16-6-4-8-18-7-3-1-2-5-13(18)19;/h10H,1-9,15H2,(H,16,20);1H. The van der Waals surface area contributed by atoms with E-state index in [-0.39, 0.29) is 24.2 Å². The minimum absolute atomic E-state index is 0. The van der Waals surface area contributed by atoms with Gasteiger partial charge >= 0.3 is 0 Å². The number of likely N-dealkylation sites (tertiary alicyclic amines) is 1. The molecular formula is C14H23ClN4O2S. The number of nitrogens with zero attached hydrogens (tertiary/aromatic N) is 2. The van der Waals surface area contributed by atoms with Gasteiger partial charge in [0.05, 0.1) is 0 Å². The number of carbonyl (C=O) groups excluding carboxylic acids is 2. The molecule has 0 bridgehead atoms. The van der Waals surface area contributed by atoms with Crippen LogP contribution in [0.25, 0.3) is 0 Å². The average molecular weight is 347 g/mol. The summed E-state index contributed by atoms with van der Waals surface area (Å²) in [6, 6.07) is 0. The molecule has 1 aromatic heterocycles. The molecule has 3 N–H and O–H groups in total. The zero-order valence-electron chi connectivity index (χ0n) is 12.5. The van der Waals surface area contributed by atoms with Gasteiger partial charge in [-0.15, -0.1) is 23.7 Å². The molecule has 2 rings (SSSR count). The van der Waals surface area contributed by atoms with Crippen molar-refractivity contribution in [1.29, 1.82) is 0 Å². The first-order valence-electron chi connectivity index (χ1n) is 7.41. The van der Waals surface area contributed by atoms with Gasteiger partial charge in [-0.05, 0) is 19.3 Å². The maximum absolute atomic E-state index is 11.9. The van der Waals surface area contributed by atoms with Crippen molar-refractivity contribution >= 4 is 35.6 Å². The second-order valence-electron chi connectivity index (χ2n) is 5.13. The van der Waals surface area contributed by atoms with Crippen LogP contribution in [0.5, 0.6) is 0 Å². The lowest BCUT2D eigenvalue weighted by Gasteiger charge is -2.20. The second kappa shape index (κ2) is 9.76. The Hall–Kier alpha value is -1.18. The van der Waals surface area contributed by atoms with Crippen LogP contribution in [0.2, 0.25) is 0 Å². The molecule has 8 heteroatoms. The van der Waals surface area contributed by atoms with E-state index in [1.54, 1.807) is 5.38 Å². The lowest BCUT2D eigenvalue weighted by Crippen LogP contribution is -2.34. The molecule has 1 saturated heterocycles. The minimum atomic E-state index is -0.173. The zero-order valence-corrected chi connectivity index (χ0v) is 14.2. The van der Waals surface area contributed by atoms with Crippen LogP contribution in [0, 0.1) is 0 Å². The number of aromatic nitrogens is 1. The second-order valence-corrected chi connectivity index (χ2v) is 6.07. The molecule has 1 fully saturated rings. The van der Waals surface area contributed by atoms with Crippen molar-refractivity contribution in [3.63, 3.8) is 0 Å². The van der Waals surface area contributed by atoms with Crippen LogP contribution >= 0.6 is 23.7 Å². The quantitative estimate of drug-likeness (QED) is 0.765. The Morgan fingerprint density at radius 2 is 2.23 bits per heavy atom. The van der Waals surface area contributed by atoms with Crippen molar-refractivity contribution < 1.29 is 9.59 Å². The molecule has 0 aliphatic carbocycles. The SMILES string of the molecule is Cl.NCc1nc(C(=O)NCCCN2CCCCCC2=O)cs1. The van der Waals surface area contributed by atoms with Gasteiger partial charge in [0.25, 0.3) is 5.91 Å². The van der Waals surface area contributed by atoms with Crippen LogP contribution in [0.4, 0.5) is 0 Å². The summed E-state index contributed by atoms with van der Waals surface area (Å²) in [4.78, 5) is 29.7. The third kappa shape index (κ3) is 5.55. The monoisotopic (exact) mass is 346 g/mol. The zero-order chi connectivity index (χ0) is 15.1. The van der Waals surface area contributed by atoms with Crippen molar-refractivity contribution in [3.8, 4) is 0 Å². The van der Waals surface area contributed by atoms with Crippen molar-refractivity contribution in [2.75, 3.05) is 19.6 Å². The van der Waals surface area contributed by atoms with Crippen molar-refractivity contribution in [2.24, 2.45) is 5.73 Å². The normalized spacial score (nSPS) is 15.1. The fraction of sp³-hybridized carbons (Fsp3) is 0.643. The largest absolute Gasteiger partial charge is 0.351 e. The Labute approximate surface area is 140 Å². The van der Waals surface area contributed by atoms with Gasteiger partial charge < -0.3 is 16.0 Å². The van der Waals surface area contributed by atoms with E-state index < -0.39 is 0 Å².